The van der Waals surface area contributed by atoms with Crippen molar-refractivity contribution < 1.29 is 13.2 Å². The molecule has 0 spiro atoms. The van der Waals surface area contributed by atoms with Gasteiger partial charge in [0.2, 0.25) is 0 Å². The summed E-state index contributed by atoms with van der Waals surface area (Å²) in [5.41, 5.74) is 5.00. The van der Waals surface area contributed by atoms with Gasteiger partial charge in [-0.05, 0) is 74.8 Å². The number of hydrogen-bond donors (Lipinski definition) is 1. The van der Waals surface area contributed by atoms with E-state index >= 15 is 0 Å². The summed E-state index contributed by atoms with van der Waals surface area (Å²) in [5, 5.41) is 13.4. The molecule has 4 rings (SSSR count). The minimum absolute atomic E-state index is 0. The fourth-order valence-electron chi connectivity index (χ4n) is 4.34. The fourth-order valence-corrected chi connectivity index (χ4v) is 4.34. The molecule has 0 saturated carbocycles. The molecule has 204 valence electrons. The molecule has 0 aliphatic heterocycles. The molecule has 0 unspecified atom stereocenters. The highest BCUT2D eigenvalue weighted by atomic mass is 35.5. The van der Waals surface area contributed by atoms with Crippen LogP contribution in [-0.2, 0) is 12.7 Å². The molecule has 0 aliphatic rings. The number of nitrogens with zero attached hydrogens (tertiary/aromatic N) is 5. The summed E-state index contributed by atoms with van der Waals surface area (Å²) in [6.07, 6.45) is -1.25. The van der Waals surface area contributed by atoms with Crippen molar-refractivity contribution in [2.75, 3.05) is 6.54 Å². The summed E-state index contributed by atoms with van der Waals surface area (Å²) < 4.78 is 44.1. The van der Waals surface area contributed by atoms with Crippen LogP contribution in [0, 0.1) is 18.3 Å². The summed E-state index contributed by atoms with van der Waals surface area (Å²) in [6, 6.07) is 14.6. The second-order valence-electron chi connectivity index (χ2n) is 8.72. The molecule has 0 radical (unpaired) electrons. The normalized spacial score (nSPS) is 11.2. The highest BCUT2D eigenvalue weighted by molar-refractivity contribution is 5.85. The molecule has 8 nitrogen and oxygen atoms in total. The van der Waals surface area contributed by atoms with E-state index in [-0.39, 0.29) is 35.9 Å². The molecule has 2 aromatic carbocycles. The van der Waals surface area contributed by atoms with Gasteiger partial charge in [0.15, 0.2) is 0 Å². The van der Waals surface area contributed by atoms with Crippen LogP contribution in [0.3, 0.4) is 0 Å². The van der Waals surface area contributed by atoms with Gasteiger partial charge in [0.1, 0.15) is 0 Å². The third kappa shape index (κ3) is 5.97. The van der Waals surface area contributed by atoms with Crippen LogP contribution in [0.5, 0.6) is 0 Å². The monoisotopic (exact) mass is 558 g/mol. The minimum atomic E-state index is -4.61. The van der Waals surface area contributed by atoms with Gasteiger partial charge in [-0.15, -0.1) is 12.4 Å². The van der Waals surface area contributed by atoms with Crippen molar-refractivity contribution in [2.45, 2.75) is 38.9 Å². The molecule has 2 heterocycles. The number of alkyl halides is 3. The summed E-state index contributed by atoms with van der Waals surface area (Å²) in [4.78, 5) is 27.3. The van der Waals surface area contributed by atoms with Crippen molar-refractivity contribution in [3.8, 4) is 28.7 Å². The smallest absolute Gasteiger partial charge is 0.330 e. The van der Waals surface area contributed by atoms with E-state index in [2.05, 4.69) is 5.10 Å². The van der Waals surface area contributed by atoms with Crippen molar-refractivity contribution >= 4 is 12.4 Å². The molecule has 0 atom stereocenters. The van der Waals surface area contributed by atoms with Crippen LogP contribution in [0.25, 0.3) is 22.6 Å². The van der Waals surface area contributed by atoms with Gasteiger partial charge in [0.25, 0.3) is 5.56 Å². The SMILES string of the molecule is Cc1c(-c2ccnn2-c2ccc(C#N)cc2)c(=O)n(CCCCCN)c(=O)n1-c1cccc(C(F)(F)F)c1.Cl. The van der Waals surface area contributed by atoms with Crippen LogP contribution in [-0.4, -0.2) is 25.5 Å². The number of rotatable bonds is 8. The molecule has 12 heteroatoms. The standard InChI is InChI=1S/C27H25F3N6O2.ClH/c1-18-24(23-12-14-33-36(23)21-10-8-19(17-32)9-11-21)25(37)34(15-4-2-3-13-31)26(38)35(18)22-7-5-6-20(16-22)27(28,29)30;/h5-12,14,16H,2-4,13,15,31H2,1H3;1H. The number of aromatic nitrogens is 4. The molecule has 0 saturated heterocycles. The molecule has 4 aromatic rings. The Hall–Kier alpha value is -4.14. The molecular formula is C27H26ClF3N6O2. The largest absolute Gasteiger partial charge is 0.416 e. The zero-order valence-corrected chi connectivity index (χ0v) is 21.8. The van der Waals surface area contributed by atoms with E-state index < -0.39 is 23.0 Å². The molecular weight excluding hydrogens is 533 g/mol. The number of halogens is 4. The minimum Gasteiger partial charge on any atom is -0.330 e. The lowest BCUT2D eigenvalue weighted by Crippen LogP contribution is -2.41. The number of unbranched alkanes of at least 4 members (excludes halogenated alkanes) is 2. The van der Waals surface area contributed by atoms with E-state index in [0.29, 0.717) is 42.8 Å². The Morgan fingerprint density at radius 2 is 1.72 bits per heavy atom. The zero-order chi connectivity index (χ0) is 27.4. The third-order valence-corrected chi connectivity index (χ3v) is 6.24. The second-order valence-corrected chi connectivity index (χ2v) is 8.72. The maximum Gasteiger partial charge on any atom is 0.416 e. The highest BCUT2D eigenvalue weighted by Crippen LogP contribution is 2.31. The average molecular weight is 559 g/mol. The van der Waals surface area contributed by atoms with Crippen LogP contribution in [0.4, 0.5) is 13.2 Å². The first-order chi connectivity index (χ1) is 18.2. The highest BCUT2D eigenvalue weighted by Gasteiger charge is 2.31. The Labute approximate surface area is 228 Å². The summed E-state index contributed by atoms with van der Waals surface area (Å²) in [5.74, 6) is 0. The topological polar surface area (TPSA) is 112 Å². The van der Waals surface area contributed by atoms with Gasteiger partial charge in [0, 0.05) is 12.2 Å². The van der Waals surface area contributed by atoms with Gasteiger partial charge in [-0.2, -0.15) is 23.5 Å². The third-order valence-electron chi connectivity index (χ3n) is 6.24. The van der Waals surface area contributed by atoms with E-state index in [4.69, 9.17) is 11.0 Å². The van der Waals surface area contributed by atoms with Crippen molar-refractivity contribution in [1.29, 1.82) is 5.26 Å². The second kappa shape index (κ2) is 12.1. The van der Waals surface area contributed by atoms with Gasteiger partial charge in [-0.1, -0.05) is 12.5 Å². The summed E-state index contributed by atoms with van der Waals surface area (Å²) in [6.45, 7) is 2.06. The van der Waals surface area contributed by atoms with Crippen LogP contribution < -0.4 is 17.0 Å². The number of hydrogen-bond acceptors (Lipinski definition) is 5. The lowest BCUT2D eigenvalue weighted by atomic mass is 10.1. The maximum atomic E-state index is 13.7. The number of nitriles is 1. The number of benzene rings is 2. The first-order valence-electron chi connectivity index (χ1n) is 12.0. The zero-order valence-electron chi connectivity index (χ0n) is 21.0. The van der Waals surface area contributed by atoms with Crippen molar-refractivity contribution in [3.63, 3.8) is 0 Å². The first kappa shape index (κ1) is 29.4. The van der Waals surface area contributed by atoms with Gasteiger partial charge in [0.05, 0.1) is 46.0 Å². The average Bonchev–Trinajstić information content (AvgIpc) is 3.37. The van der Waals surface area contributed by atoms with E-state index in [1.54, 1.807) is 30.3 Å². The maximum absolute atomic E-state index is 13.7. The van der Waals surface area contributed by atoms with Crippen molar-refractivity contribution in [2.24, 2.45) is 5.73 Å². The molecule has 0 amide bonds. The Morgan fingerprint density at radius 1 is 1.00 bits per heavy atom. The Kier molecular flexibility index (Phi) is 9.16. The van der Waals surface area contributed by atoms with E-state index in [9.17, 15) is 22.8 Å². The van der Waals surface area contributed by atoms with E-state index in [1.165, 1.54) is 29.9 Å². The molecule has 2 N–H and O–H groups in total. The van der Waals surface area contributed by atoms with Crippen LogP contribution in [0.15, 0.2) is 70.4 Å². The number of nitrogens with two attached hydrogens (primary N) is 1. The predicted octanol–water partition coefficient (Wildman–Crippen LogP) is 4.60. The Balaban J connectivity index is 0.00000420. The van der Waals surface area contributed by atoms with Gasteiger partial charge in [-0.3, -0.25) is 13.9 Å². The van der Waals surface area contributed by atoms with Crippen LogP contribution in [0.2, 0.25) is 0 Å². The quantitative estimate of drug-likeness (QED) is 0.318. The summed E-state index contributed by atoms with van der Waals surface area (Å²) >= 11 is 0. The first-order valence-corrected chi connectivity index (χ1v) is 12.0. The molecule has 0 aliphatic carbocycles. The van der Waals surface area contributed by atoms with Crippen LogP contribution in [0.1, 0.15) is 36.1 Å². The molecule has 39 heavy (non-hydrogen) atoms. The van der Waals surface area contributed by atoms with Gasteiger partial charge in [-0.25, -0.2) is 9.48 Å². The van der Waals surface area contributed by atoms with E-state index in [0.717, 1.165) is 21.3 Å². The molecule has 0 fully saturated rings. The van der Waals surface area contributed by atoms with E-state index in [1.807, 2.05) is 6.07 Å². The molecule has 0 bridgehead atoms. The summed E-state index contributed by atoms with van der Waals surface area (Å²) in [7, 11) is 0. The van der Waals surface area contributed by atoms with Crippen molar-refractivity contribution in [3.05, 3.63) is 98.5 Å². The Morgan fingerprint density at radius 3 is 2.36 bits per heavy atom. The van der Waals surface area contributed by atoms with Crippen LogP contribution >= 0.6 is 12.4 Å². The van der Waals surface area contributed by atoms with Gasteiger partial charge >= 0.3 is 11.9 Å². The lowest BCUT2D eigenvalue weighted by molar-refractivity contribution is -0.137. The van der Waals surface area contributed by atoms with Crippen molar-refractivity contribution in [1.82, 2.24) is 18.9 Å². The Bertz CT molecular complexity index is 1610. The fraction of sp³-hybridized carbons (Fsp3) is 0.259. The predicted molar refractivity (Wildman–Crippen MR) is 143 cm³/mol. The molecule has 2 aromatic heterocycles. The van der Waals surface area contributed by atoms with Gasteiger partial charge < -0.3 is 5.73 Å². The lowest BCUT2D eigenvalue weighted by Gasteiger charge is -2.19.